The number of carbonyl (C=O) groups is 2. The maximum absolute atomic E-state index is 12.2. The molecular weight excluding hydrogens is 302 g/mol. The molecule has 110 valence electrons. The smallest absolute Gasteiger partial charge is 0.265 e. The Kier molecular flexibility index (Phi) is 3.76. The summed E-state index contributed by atoms with van der Waals surface area (Å²) >= 11 is 1.27. The highest BCUT2D eigenvalue weighted by Gasteiger charge is 2.27. The van der Waals surface area contributed by atoms with E-state index in [1.54, 1.807) is 35.7 Å². The van der Waals surface area contributed by atoms with E-state index in [1.165, 1.54) is 16.2 Å². The number of carbonyl (C=O) groups excluding carboxylic acids is 2. The Hall–Kier alpha value is -2.85. The van der Waals surface area contributed by atoms with Gasteiger partial charge in [0.15, 0.2) is 6.61 Å². The van der Waals surface area contributed by atoms with Crippen molar-refractivity contribution in [2.45, 2.75) is 0 Å². The fraction of sp³-hybridized carbons (Fsp3) is 0.133. The summed E-state index contributed by atoms with van der Waals surface area (Å²) in [5.74, 6) is -0.0618. The molecule has 1 aliphatic heterocycles. The van der Waals surface area contributed by atoms with Crippen LogP contribution in [-0.4, -0.2) is 25.0 Å². The van der Waals surface area contributed by atoms with Gasteiger partial charge in [-0.1, -0.05) is 12.1 Å². The lowest BCUT2D eigenvalue weighted by Crippen LogP contribution is -2.43. The summed E-state index contributed by atoms with van der Waals surface area (Å²) in [6.07, 6.45) is 0. The average Bonchev–Trinajstić information content (AvgIpc) is 2.97. The van der Waals surface area contributed by atoms with Gasteiger partial charge in [0.25, 0.3) is 5.91 Å². The molecule has 0 saturated heterocycles. The number of rotatable bonds is 3. The van der Waals surface area contributed by atoms with Gasteiger partial charge in [-0.2, -0.15) is 5.26 Å². The molecule has 2 heterocycles. The molecule has 1 aliphatic rings. The molecule has 0 fully saturated rings. The van der Waals surface area contributed by atoms with Gasteiger partial charge in [-0.3, -0.25) is 14.5 Å². The second-order valence-electron chi connectivity index (χ2n) is 4.56. The molecule has 0 saturated carbocycles. The second-order valence-corrected chi connectivity index (χ2v) is 5.48. The number of ether oxygens (including phenoxy) is 1. The van der Waals surface area contributed by atoms with Gasteiger partial charge in [-0.05, 0) is 23.6 Å². The molecule has 0 radical (unpaired) electrons. The number of hydrogen-bond acceptors (Lipinski definition) is 5. The van der Waals surface area contributed by atoms with Crippen LogP contribution in [0.1, 0.15) is 5.56 Å². The highest BCUT2D eigenvalue weighted by atomic mass is 32.1. The fourth-order valence-electron chi connectivity index (χ4n) is 2.13. The largest absolute Gasteiger partial charge is 0.482 e. The van der Waals surface area contributed by atoms with Crippen molar-refractivity contribution in [3.8, 4) is 11.8 Å². The van der Waals surface area contributed by atoms with Gasteiger partial charge in [0.2, 0.25) is 5.91 Å². The zero-order valence-electron chi connectivity index (χ0n) is 11.4. The van der Waals surface area contributed by atoms with E-state index in [-0.39, 0.29) is 25.0 Å². The van der Waals surface area contributed by atoms with E-state index >= 15 is 0 Å². The van der Waals surface area contributed by atoms with Gasteiger partial charge >= 0.3 is 0 Å². The topological polar surface area (TPSA) is 82.4 Å². The van der Waals surface area contributed by atoms with Crippen molar-refractivity contribution in [1.29, 1.82) is 5.26 Å². The molecule has 2 amide bonds. The van der Waals surface area contributed by atoms with Gasteiger partial charge < -0.3 is 10.1 Å². The summed E-state index contributed by atoms with van der Waals surface area (Å²) in [5, 5.41) is 13.8. The second kappa shape index (κ2) is 5.87. The van der Waals surface area contributed by atoms with Crippen molar-refractivity contribution in [2.75, 3.05) is 23.4 Å². The number of nitriles is 1. The van der Waals surface area contributed by atoms with E-state index in [1.807, 2.05) is 6.07 Å². The van der Waals surface area contributed by atoms with Gasteiger partial charge in [-0.15, -0.1) is 11.3 Å². The zero-order chi connectivity index (χ0) is 15.5. The monoisotopic (exact) mass is 313 g/mol. The third kappa shape index (κ3) is 2.64. The lowest BCUT2D eigenvalue weighted by molar-refractivity contribution is -0.123. The van der Waals surface area contributed by atoms with Crippen LogP contribution < -0.4 is 15.0 Å². The Bertz CT molecular complexity index is 778. The minimum atomic E-state index is -0.357. The highest BCUT2D eigenvalue weighted by Crippen LogP contribution is 2.31. The van der Waals surface area contributed by atoms with E-state index in [0.29, 0.717) is 22.0 Å². The molecule has 22 heavy (non-hydrogen) atoms. The van der Waals surface area contributed by atoms with Crippen LogP contribution in [0.15, 0.2) is 35.7 Å². The van der Waals surface area contributed by atoms with Crippen molar-refractivity contribution >= 4 is 33.8 Å². The Morgan fingerprint density at radius 1 is 1.41 bits per heavy atom. The van der Waals surface area contributed by atoms with Crippen LogP contribution in [0.5, 0.6) is 5.75 Å². The molecule has 0 atom stereocenters. The molecular formula is C15H11N3O3S. The standard InChI is InChI=1S/C15H11N3O3S/c16-7-10-5-6-22-15(10)17-13(19)8-18-11-3-1-2-4-12(11)21-9-14(18)20/h1-6H,8-9H2,(H,17,19). The van der Waals surface area contributed by atoms with E-state index in [2.05, 4.69) is 5.32 Å². The fourth-order valence-corrected chi connectivity index (χ4v) is 2.88. The lowest BCUT2D eigenvalue weighted by atomic mass is 10.2. The van der Waals surface area contributed by atoms with Crippen LogP contribution in [-0.2, 0) is 9.59 Å². The van der Waals surface area contributed by atoms with Crippen LogP contribution in [0.3, 0.4) is 0 Å². The van der Waals surface area contributed by atoms with Crippen molar-refractivity contribution in [3.63, 3.8) is 0 Å². The third-order valence-corrected chi connectivity index (χ3v) is 3.98. The van der Waals surface area contributed by atoms with Crippen LogP contribution in [0.25, 0.3) is 0 Å². The van der Waals surface area contributed by atoms with E-state index in [4.69, 9.17) is 10.00 Å². The Morgan fingerprint density at radius 3 is 3.05 bits per heavy atom. The molecule has 0 unspecified atom stereocenters. The van der Waals surface area contributed by atoms with Gasteiger partial charge in [0.1, 0.15) is 23.4 Å². The zero-order valence-corrected chi connectivity index (χ0v) is 12.2. The maximum atomic E-state index is 12.2. The number of nitrogens with zero attached hydrogens (tertiary/aromatic N) is 2. The number of hydrogen-bond donors (Lipinski definition) is 1. The van der Waals surface area contributed by atoms with E-state index in [9.17, 15) is 9.59 Å². The molecule has 6 nitrogen and oxygen atoms in total. The minimum Gasteiger partial charge on any atom is -0.482 e. The number of nitrogens with one attached hydrogen (secondary N) is 1. The molecule has 1 aromatic carbocycles. The van der Waals surface area contributed by atoms with E-state index in [0.717, 1.165) is 0 Å². The van der Waals surface area contributed by atoms with Crippen molar-refractivity contribution in [1.82, 2.24) is 0 Å². The normalized spacial score (nSPS) is 13.0. The van der Waals surface area contributed by atoms with Gasteiger partial charge in [-0.25, -0.2) is 0 Å². The summed E-state index contributed by atoms with van der Waals surface area (Å²) in [5.41, 5.74) is 0.979. The SMILES string of the molecule is N#Cc1ccsc1NC(=O)CN1C(=O)COc2ccccc21. The first-order valence-electron chi connectivity index (χ1n) is 6.48. The lowest BCUT2D eigenvalue weighted by Gasteiger charge is -2.28. The van der Waals surface area contributed by atoms with Crippen LogP contribution in [0, 0.1) is 11.3 Å². The van der Waals surface area contributed by atoms with Crippen LogP contribution in [0.2, 0.25) is 0 Å². The molecule has 2 aromatic rings. The van der Waals surface area contributed by atoms with Crippen molar-refractivity contribution in [2.24, 2.45) is 0 Å². The Labute approximate surface area is 130 Å². The number of thiophene rings is 1. The number of benzene rings is 1. The molecule has 7 heteroatoms. The Morgan fingerprint density at radius 2 is 2.23 bits per heavy atom. The summed E-state index contributed by atoms with van der Waals surface area (Å²) in [6.45, 7) is -0.214. The van der Waals surface area contributed by atoms with Crippen LogP contribution in [0.4, 0.5) is 10.7 Å². The van der Waals surface area contributed by atoms with Crippen LogP contribution >= 0.6 is 11.3 Å². The number of fused-ring (bicyclic) bond motifs is 1. The Balaban J connectivity index is 1.77. The molecule has 1 aromatic heterocycles. The molecule has 0 bridgehead atoms. The molecule has 1 N–H and O–H groups in total. The molecule has 0 spiro atoms. The summed E-state index contributed by atoms with van der Waals surface area (Å²) in [6, 6.07) is 10.7. The summed E-state index contributed by atoms with van der Waals surface area (Å²) < 4.78 is 5.33. The first-order chi connectivity index (χ1) is 10.7. The first-order valence-corrected chi connectivity index (χ1v) is 7.36. The number of para-hydroxylation sites is 2. The predicted molar refractivity (Wildman–Crippen MR) is 82.0 cm³/mol. The number of amides is 2. The van der Waals surface area contributed by atoms with Gasteiger partial charge in [0.05, 0.1) is 11.3 Å². The summed E-state index contributed by atoms with van der Waals surface area (Å²) in [4.78, 5) is 25.5. The average molecular weight is 313 g/mol. The first kappa shape index (κ1) is 14.1. The molecule has 0 aliphatic carbocycles. The number of anilines is 2. The molecule has 3 rings (SSSR count). The van der Waals surface area contributed by atoms with Crippen molar-refractivity contribution < 1.29 is 14.3 Å². The van der Waals surface area contributed by atoms with Crippen molar-refractivity contribution in [3.05, 3.63) is 41.3 Å². The van der Waals surface area contributed by atoms with E-state index < -0.39 is 0 Å². The highest BCUT2D eigenvalue weighted by molar-refractivity contribution is 7.14. The quantitative estimate of drug-likeness (QED) is 0.939. The third-order valence-electron chi connectivity index (χ3n) is 3.15. The minimum absolute atomic E-state index is 0.0905. The predicted octanol–water partition coefficient (Wildman–Crippen LogP) is 1.98. The van der Waals surface area contributed by atoms with Gasteiger partial charge in [0, 0.05) is 0 Å². The maximum Gasteiger partial charge on any atom is 0.265 e. The summed E-state index contributed by atoms with van der Waals surface area (Å²) in [7, 11) is 0.